The van der Waals surface area contributed by atoms with Gasteiger partial charge in [0.15, 0.2) is 0 Å². The van der Waals surface area contributed by atoms with Crippen molar-refractivity contribution in [1.82, 2.24) is 24.0 Å². The predicted octanol–water partition coefficient (Wildman–Crippen LogP) is 2.01. The maximum absolute atomic E-state index is 12.3. The predicted molar refractivity (Wildman–Crippen MR) is 92.1 cm³/mol. The summed E-state index contributed by atoms with van der Waals surface area (Å²) in [6.07, 6.45) is 4.10. The Morgan fingerprint density at radius 2 is 2.00 bits per heavy atom. The maximum Gasteiger partial charge on any atom is 0.251 e. The van der Waals surface area contributed by atoms with Crippen LogP contribution in [0.1, 0.15) is 28.9 Å². The summed E-state index contributed by atoms with van der Waals surface area (Å²) in [5.74, 6) is 0.598. The van der Waals surface area contributed by atoms with Gasteiger partial charge in [0, 0.05) is 24.8 Å². The lowest BCUT2D eigenvalue weighted by atomic mass is 10.2. The molecular weight excluding hydrogens is 324 g/mol. The fourth-order valence-corrected chi connectivity index (χ4v) is 3.27. The Balaban J connectivity index is 1.44. The number of anilines is 1. The van der Waals surface area contributed by atoms with Crippen molar-refractivity contribution in [3.8, 4) is 0 Å². The number of carbonyl (C=O) groups is 1. The van der Waals surface area contributed by atoms with Crippen LogP contribution in [-0.4, -0.2) is 37.7 Å². The summed E-state index contributed by atoms with van der Waals surface area (Å²) in [5, 5.41) is 2.90. The van der Waals surface area contributed by atoms with E-state index in [4.69, 9.17) is 0 Å². The van der Waals surface area contributed by atoms with E-state index < -0.39 is 0 Å². The number of carbonyl (C=O) groups excluding carboxylic acids is 1. The van der Waals surface area contributed by atoms with E-state index >= 15 is 0 Å². The molecule has 4 rings (SSSR count). The highest BCUT2D eigenvalue weighted by atomic mass is 32.1. The van der Waals surface area contributed by atoms with Crippen molar-refractivity contribution in [3.05, 3.63) is 41.7 Å². The molecule has 0 radical (unpaired) electrons. The third-order valence-electron chi connectivity index (χ3n) is 4.04. The van der Waals surface area contributed by atoms with E-state index in [2.05, 4.69) is 28.9 Å². The van der Waals surface area contributed by atoms with Crippen LogP contribution in [0.25, 0.3) is 11.0 Å². The fraction of sp³-hybridized carbons (Fsp3) is 0.312. The minimum atomic E-state index is -0.147. The highest BCUT2D eigenvalue weighted by molar-refractivity contribution is 7.00. The van der Waals surface area contributed by atoms with Crippen LogP contribution < -0.4 is 10.2 Å². The molecule has 24 heavy (non-hydrogen) atoms. The maximum atomic E-state index is 12.3. The molecular formula is C16H16N6OS. The molecule has 0 saturated carbocycles. The Labute approximate surface area is 143 Å². The molecule has 122 valence electrons. The molecule has 1 aliphatic heterocycles. The third kappa shape index (κ3) is 3.05. The number of hydrogen-bond donors (Lipinski definition) is 1. The van der Waals surface area contributed by atoms with Gasteiger partial charge in [-0.2, -0.15) is 8.75 Å². The molecule has 3 aromatic rings. The number of fused-ring (bicyclic) bond motifs is 1. The molecule has 8 heteroatoms. The van der Waals surface area contributed by atoms with Gasteiger partial charge in [-0.25, -0.2) is 9.97 Å². The van der Waals surface area contributed by atoms with Crippen LogP contribution >= 0.6 is 11.7 Å². The van der Waals surface area contributed by atoms with Gasteiger partial charge in [-0.15, -0.1) is 0 Å². The summed E-state index contributed by atoms with van der Waals surface area (Å²) in [6.45, 7) is 2.37. The molecule has 0 atom stereocenters. The van der Waals surface area contributed by atoms with Gasteiger partial charge in [-0.05, 0) is 37.1 Å². The monoisotopic (exact) mass is 340 g/mol. The van der Waals surface area contributed by atoms with Crippen LogP contribution in [0.5, 0.6) is 0 Å². The molecule has 0 spiro atoms. The van der Waals surface area contributed by atoms with Crippen LogP contribution in [0.2, 0.25) is 0 Å². The first kappa shape index (κ1) is 14.9. The van der Waals surface area contributed by atoms with Crippen molar-refractivity contribution in [1.29, 1.82) is 0 Å². The number of nitrogens with zero attached hydrogens (tertiary/aromatic N) is 5. The van der Waals surface area contributed by atoms with Gasteiger partial charge in [-0.3, -0.25) is 4.79 Å². The topological polar surface area (TPSA) is 83.9 Å². The van der Waals surface area contributed by atoms with E-state index in [9.17, 15) is 4.79 Å². The number of hydrogen-bond acceptors (Lipinski definition) is 7. The SMILES string of the molecule is O=C(NCc1ccnc(N2CCCC2)n1)c1ccc2nsnc2c1. The lowest BCUT2D eigenvalue weighted by molar-refractivity contribution is 0.0950. The summed E-state index contributed by atoms with van der Waals surface area (Å²) in [7, 11) is 0. The standard InChI is InChI=1S/C16H16N6OS/c23-15(11-3-4-13-14(9-11)21-24-20-13)18-10-12-5-6-17-16(19-12)22-7-1-2-8-22/h3-6,9H,1-2,7-8,10H2,(H,18,23). The highest BCUT2D eigenvalue weighted by Gasteiger charge is 2.15. The van der Waals surface area contributed by atoms with Crippen LogP contribution in [-0.2, 0) is 6.54 Å². The molecule has 7 nitrogen and oxygen atoms in total. The summed E-state index contributed by atoms with van der Waals surface area (Å²) in [4.78, 5) is 23.4. The Morgan fingerprint density at radius 1 is 1.17 bits per heavy atom. The van der Waals surface area contributed by atoms with E-state index in [-0.39, 0.29) is 5.91 Å². The molecule has 1 fully saturated rings. The first-order valence-corrected chi connectivity index (χ1v) is 8.60. The number of aromatic nitrogens is 4. The number of rotatable bonds is 4. The number of nitrogens with one attached hydrogen (secondary N) is 1. The largest absolute Gasteiger partial charge is 0.346 e. The average Bonchev–Trinajstić information content (AvgIpc) is 3.30. The van der Waals surface area contributed by atoms with Crippen molar-refractivity contribution in [2.75, 3.05) is 18.0 Å². The summed E-state index contributed by atoms with van der Waals surface area (Å²) in [6, 6.07) is 7.15. The Bertz CT molecular complexity index is 874. The Hall–Kier alpha value is -2.61. The molecule has 0 bridgehead atoms. The van der Waals surface area contributed by atoms with Crippen LogP contribution in [0.3, 0.4) is 0 Å². The van der Waals surface area contributed by atoms with E-state index in [1.54, 1.807) is 18.3 Å². The quantitative estimate of drug-likeness (QED) is 0.782. The minimum Gasteiger partial charge on any atom is -0.346 e. The van der Waals surface area contributed by atoms with Gasteiger partial charge in [-0.1, -0.05) is 0 Å². The van der Waals surface area contributed by atoms with Crippen molar-refractivity contribution in [3.63, 3.8) is 0 Å². The molecule has 1 aliphatic rings. The molecule has 0 aliphatic carbocycles. The van der Waals surface area contributed by atoms with Crippen LogP contribution in [0.4, 0.5) is 5.95 Å². The van der Waals surface area contributed by atoms with E-state index in [0.717, 1.165) is 47.5 Å². The lowest BCUT2D eigenvalue weighted by Crippen LogP contribution is -2.25. The zero-order valence-corrected chi connectivity index (χ0v) is 13.8. The van der Waals surface area contributed by atoms with Crippen LogP contribution in [0, 0.1) is 0 Å². The van der Waals surface area contributed by atoms with Gasteiger partial charge in [0.05, 0.1) is 24.0 Å². The fourth-order valence-electron chi connectivity index (χ4n) is 2.75. The second-order valence-corrected chi connectivity index (χ2v) is 6.22. The van der Waals surface area contributed by atoms with E-state index in [1.165, 1.54) is 12.8 Å². The smallest absolute Gasteiger partial charge is 0.251 e. The van der Waals surface area contributed by atoms with Gasteiger partial charge in [0.2, 0.25) is 5.95 Å². The van der Waals surface area contributed by atoms with Crippen molar-refractivity contribution >= 4 is 34.6 Å². The van der Waals surface area contributed by atoms with E-state index in [1.807, 2.05) is 12.1 Å². The molecule has 3 heterocycles. The second-order valence-electron chi connectivity index (χ2n) is 5.69. The zero-order chi connectivity index (χ0) is 16.4. The molecule has 1 N–H and O–H groups in total. The zero-order valence-electron chi connectivity index (χ0n) is 13.0. The Morgan fingerprint density at radius 3 is 2.88 bits per heavy atom. The summed E-state index contributed by atoms with van der Waals surface area (Å²) in [5.41, 5.74) is 2.93. The minimum absolute atomic E-state index is 0.147. The second kappa shape index (κ2) is 6.48. The van der Waals surface area contributed by atoms with Gasteiger partial charge in [0.1, 0.15) is 11.0 Å². The normalized spacial score (nSPS) is 14.2. The van der Waals surface area contributed by atoms with Gasteiger partial charge in [0.25, 0.3) is 5.91 Å². The molecule has 1 aromatic carbocycles. The molecule has 0 unspecified atom stereocenters. The van der Waals surface area contributed by atoms with Crippen molar-refractivity contribution in [2.45, 2.75) is 19.4 Å². The number of benzene rings is 1. The third-order valence-corrected chi connectivity index (χ3v) is 4.59. The first-order chi connectivity index (χ1) is 11.8. The molecule has 1 amide bonds. The number of amides is 1. The average molecular weight is 340 g/mol. The highest BCUT2D eigenvalue weighted by Crippen LogP contribution is 2.16. The van der Waals surface area contributed by atoms with Gasteiger partial charge < -0.3 is 10.2 Å². The van der Waals surface area contributed by atoms with E-state index in [0.29, 0.717) is 12.1 Å². The lowest BCUT2D eigenvalue weighted by Gasteiger charge is -2.15. The Kier molecular flexibility index (Phi) is 4.04. The van der Waals surface area contributed by atoms with Gasteiger partial charge >= 0.3 is 0 Å². The van der Waals surface area contributed by atoms with Crippen LogP contribution in [0.15, 0.2) is 30.5 Å². The molecule has 1 saturated heterocycles. The van der Waals surface area contributed by atoms with Crippen molar-refractivity contribution < 1.29 is 4.79 Å². The summed E-state index contributed by atoms with van der Waals surface area (Å²) >= 11 is 1.14. The summed E-state index contributed by atoms with van der Waals surface area (Å²) < 4.78 is 8.30. The van der Waals surface area contributed by atoms with Crippen molar-refractivity contribution in [2.24, 2.45) is 0 Å². The first-order valence-electron chi connectivity index (χ1n) is 7.87. The molecule has 2 aromatic heterocycles.